The number of aromatic nitrogens is 1. The smallest absolute Gasteiger partial charge is 0.256 e. The van der Waals surface area contributed by atoms with Crippen LogP contribution >= 0.6 is 0 Å². The topological polar surface area (TPSA) is 72.4 Å². The molecule has 21 heavy (non-hydrogen) atoms. The zero-order valence-electron chi connectivity index (χ0n) is 11.7. The summed E-state index contributed by atoms with van der Waals surface area (Å²) in [6, 6.07) is 5.93. The number of amides is 1. The van der Waals surface area contributed by atoms with Crippen LogP contribution in [0.4, 0.5) is 10.1 Å². The minimum absolute atomic E-state index is 0.109. The largest absolute Gasteiger partial charge is 0.396 e. The van der Waals surface area contributed by atoms with E-state index in [0.717, 1.165) is 18.5 Å². The molecular weight excluding hydrogens is 273 g/mol. The Morgan fingerprint density at radius 1 is 1.52 bits per heavy atom. The summed E-state index contributed by atoms with van der Waals surface area (Å²) in [6.45, 7) is 2.43. The van der Waals surface area contributed by atoms with Crippen molar-refractivity contribution in [1.82, 2.24) is 10.1 Å². The number of rotatable bonds is 2. The number of para-hydroxylation sites is 1. The van der Waals surface area contributed by atoms with Crippen LogP contribution in [0, 0.1) is 12.7 Å². The highest BCUT2D eigenvalue weighted by atomic mass is 19.1. The first-order valence-electron chi connectivity index (χ1n) is 6.86. The summed E-state index contributed by atoms with van der Waals surface area (Å²) in [5.41, 5.74) is 6.54. The molecule has 2 aromatic rings. The average Bonchev–Trinajstić information content (AvgIpc) is 3.09. The van der Waals surface area contributed by atoms with Gasteiger partial charge in [-0.05, 0) is 31.9 Å². The first-order chi connectivity index (χ1) is 10.1. The maximum absolute atomic E-state index is 13.5. The molecule has 5 nitrogen and oxygen atoms in total. The van der Waals surface area contributed by atoms with Gasteiger partial charge in [0.2, 0.25) is 0 Å². The van der Waals surface area contributed by atoms with Gasteiger partial charge in [0.15, 0.2) is 5.76 Å². The number of nitrogens with zero attached hydrogens (tertiary/aromatic N) is 2. The fourth-order valence-corrected chi connectivity index (χ4v) is 2.72. The number of nitrogen functional groups attached to an aromatic ring is 1. The summed E-state index contributed by atoms with van der Waals surface area (Å²) < 4.78 is 18.8. The molecule has 2 N–H and O–H groups in total. The maximum Gasteiger partial charge on any atom is 0.256 e. The van der Waals surface area contributed by atoms with E-state index < -0.39 is 5.82 Å². The van der Waals surface area contributed by atoms with Crippen molar-refractivity contribution in [2.24, 2.45) is 0 Å². The third kappa shape index (κ3) is 2.37. The monoisotopic (exact) mass is 289 g/mol. The van der Waals surface area contributed by atoms with E-state index in [2.05, 4.69) is 5.16 Å². The zero-order valence-corrected chi connectivity index (χ0v) is 11.7. The number of carbonyl (C=O) groups is 1. The number of anilines is 1. The summed E-state index contributed by atoms with van der Waals surface area (Å²) in [4.78, 5) is 14.3. The summed E-state index contributed by atoms with van der Waals surface area (Å²) >= 11 is 0. The van der Waals surface area contributed by atoms with Crippen molar-refractivity contribution in [3.05, 3.63) is 47.1 Å². The molecule has 1 amide bonds. The minimum Gasteiger partial charge on any atom is -0.396 e. The first-order valence-corrected chi connectivity index (χ1v) is 6.86. The average molecular weight is 289 g/mol. The molecule has 1 fully saturated rings. The molecule has 1 atom stereocenters. The van der Waals surface area contributed by atoms with E-state index in [-0.39, 0.29) is 23.2 Å². The Kier molecular flexibility index (Phi) is 3.37. The molecule has 0 saturated carbocycles. The SMILES string of the molecule is Cc1cc(C2CCCN2C(=O)c2cccc(F)c2N)on1. The molecule has 1 aromatic carbocycles. The maximum atomic E-state index is 13.5. The number of nitrogens with two attached hydrogens (primary N) is 1. The molecule has 0 radical (unpaired) electrons. The highest BCUT2D eigenvalue weighted by Crippen LogP contribution is 2.34. The standard InChI is InChI=1S/C15H16FN3O2/c1-9-8-13(21-18-9)12-6-3-7-19(12)15(20)10-4-2-5-11(16)14(10)17/h2,4-5,8,12H,3,6-7,17H2,1H3. The number of aryl methyl sites for hydroxylation is 1. The van der Waals surface area contributed by atoms with Crippen LogP contribution in [0.15, 0.2) is 28.8 Å². The molecular formula is C15H16FN3O2. The van der Waals surface area contributed by atoms with Crippen LogP contribution in [0.3, 0.4) is 0 Å². The Balaban J connectivity index is 1.91. The second-order valence-corrected chi connectivity index (χ2v) is 5.23. The quantitative estimate of drug-likeness (QED) is 0.863. The molecule has 3 rings (SSSR count). The molecule has 6 heteroatoms. The lowest BCUT2D eigenvalue weighted by Crippen LogP contribution is -2.31. The summed E-state index contributed by atoms with van der Waals surface area (Å²) in [7, 11) is 0. The summed E-state index contributed by atoms with van der Waals surface area (Å²) in [5.74, 6) is -0.191. The molecule has 0 aliphatic carbocycles. The van der Waals surface area contributed by atoms with Crippen LogP contribution < -0.4 is 5.73 Å². The predicted molar refractivity (Wildman–Crippen MR) is 75.1 cm³/mol. The fourth-order valence-electron chi connectivity index (χ4n) is 2.72. The number of carbonyl (C=O) groups excluding carboxylic acids is 1. The Hall–Kier alpha value is -2.37. The van der Waals surface area contributed by atoms with E-state index in [1.807, 2.05) is 13.0 Å². The van der Waals surface area contributed by atoms with Gasteiger partial charge in [0.05, 0.1) is 23.0 Å². The van der Waals surface area contributed by atoms with Crippen molar-refractivity contribution >= 4 is 11.6 Å². The van der Waals surface area contributed by atoms with Crippen molar-refractivity contribution in [3.63, 3.8) is 0 Å². The lowest BCUT2D eigenvalue weighted by Gasteiger charge is -2.23. The Bertz CT molecular complexity index is 683. The van der Waals surface area contributed by atoms with E-state index in [9.17, 15) is 9.18 Å². The van der Waals surface area contributed by atoms with Crippen molar-refractivity contribution in [3.8, 4) is 0 Å². The van der Waals surface area contributed by atoms with Crippen LogP contribution in [-0.4, -0.2) is 22.5 Å². The van der Waals surface area contributed by atoms with E-state index >= 15 is 0 Å². The van der Waals surface area contributed by atoms with Gasteiger partial charge >= 0.3 is 0 Å². The van der Waals surface area contributed by atoms with Gasteiger partial charge < -0.3 is 15.2 Å². The third-order valence-electron chi connectivity index (χ3n) is 3.77. The summed E-state index contributed by atoms with van der Waals surface area (Å²) in [6.07, 6.45) is 1.67. The predicted octanol–water partition coefficient (Wildman–Crippen LogP) is 2.68. The van der Waals surface area contributed by atoms with Crippen LogP contribution in [0.25, 0.3) is 0 Å². The number of hydrogen-bond donors (Lipinski definition) is 1. The van der Waals surface area contributed by atoms with Gasteiger partial charge in [0.25, 0.3) is 5.91 Å². The van der Waals surface area contributed by atoms with Gasteiger partial charge in [-0.2, -0.15) is 0 Å². The van der Waals surface area contributed by atoms with Crippen LogP contribution in [0.1, 0.15) is 40.7 Å². The summed E-state index contributed by atoms with van der Waals surface area (Å²) in [5, 5.41) is 3.86. The molecule has 1 aliphatic heterocycles. The van der Waals surface area contributed by atoms with Gasteiger partial charge in [-0.15, -0.1) is 0 Å². The Labute approximate surface area is 121 Å². The van der Waals surface area contributed by atoms with E-state index in [1.54, 1.807) is 11.0 Å². The van der Waals surface area contributed by atoms with Crippen LogP contribution in [-0.2, 0) is 0 Å². The van der Waals surface area contributed by atoms with Crippen molar-refractivity contribution < 1.29 is 13.7 Å². The number of hydrogen-bond acceptors (Lipinski definition) is 4. The molecule has 1 aromatic heterocycles. The second-order valence-electron chi connectivity index (χ2n) is 5.23. The molecule has 1 unspecified atom stereocenters. The Morgan fingerprint density at radius 3 is 3.05 bits per heavy atom. The second kappa shape index (κ2) is 5.20. The molecule has 110 valence electrons. The molecule has 1 aliphatic rings. The minimum atomic E-state index is -0.577. The van der Waals surface area contributed by atoms with E-state index in [4.69, 9.17) is 10.3 Å². The molecule has 0 bridgehead atoms. The van der Waals surface area contributed by atoms with Crippen molar-refractivity contribution in [1.29, 1.82) is 0 Å². The first kappa shape index (κ1) is 13.6. The normalized spacial score (nSPS) is 18.2. The Morgan fingerprint density at radius 2 is 2.33 bits per heavy atom. The van der Waals surface area contributed by atoms with Crippen molar-refractivity contribution in [2.75, 3.05) is 12.3 Å². The number of benzene rings is 1. The number of likely N-dealkylation sites (tertiary alicyclic amines) is 1. The van der Waals surface area contributed by atoms with Crippen molar-refractivity contribution in [2.45, 2.75) is 25.8 Å². The molecule has 1 saturated heterocycles. The number of halogens is 1. The van der Waals surface area contributed by atoms with Gasteiger partial charge in [0.1, 0.15) is 5.82 Å². The highest BCUT2D eigenvalue weighted by Gasteiger charge is 2.34. The van der Waals surface area contributed by atoms with Gasteiger partial charge in [-0.1, -0.05) is 11.2 Å². The molecule has 2 heterocycles. The van der Waals surface area contributed by atoms with E-state index in [0.29, 0.717) is 12.3 Å². The lowest BCUT2D eigenvalue weighted by atomic mass is 10.1. The van der Waals surface area contributed by atoms with Crippen LogP contribution in [0.5, 0.6) is 0 Å². The lowest BCUT2D eigenvalue weighted by molar-refractivity contribution is 0.0715. The molecule has 0 spiro atoms. The fraction of sp³-hybridized carbons (Fsp3) is 0.333. The third-order valence-corrected chi connectivity index (χ3v) is 3.77. The van der Waals surface area contributed by atoms with Crippen LogP contribution in [0.2, 0.25) is 0 Å². The highest BCUT2D eigenvalue weighted by molar-refractivity contribution is 5.99. The van der Waals surface area contributed by atoms with Gasteiger partial charge in [-0.3, -0.25) is 4.79 Å². The van der Waals surface area contributed by atoms with Gasteiger partial charge in [-0.25, -0.2) is 4.39 Å². The van der Waals surface area contributed by atoms with E-state index in [1.165, 1.54) is 12.1 Å². The van der Waals surface area contributed by atoms with Gasteiger partial charge in [0, 0.05) is 12.6 Å². The zero-order chi connectivity index (χ0) is 15.0.